The average Bonchev–Trinajstić information content (AvgIpc) is 2.04. The van der Waals surface area contributed by atoms with Crippen LogP contribution in [0.25, 0.3) is 10.9 Å². The summed E-state index contributed by atoms with van der Waals surface area (Å²) in [7, 11) is 0. The smallest absolute Gasteiger partial charge is 0.289 e. The van der Waals surface area contributed by atoms with Gasteiger partial charge in [0.05, 0.1) is 5.39 Å². The first-order valence-electron chi connectivity index (χ1n) is 3.30. The third-order valence-electron chi connectivity index (χ3n) is 1.51. The van der Waals surface area contributed by atoms with Crippen LogP contribution in [0.4, 0.5) is 0 Å². The lowest BCUT2D eigenvalue weighted by Crippen LogP contribution is -2.24. The van der Waals surface area contributed by atoms with Gasteiger partial charge in [0.1, 0.15) is 6.20 Å². The molecule has 0 aliphatic heterocycles. The van der Waals surface area contributed by atoms with Crippen molar-refractivity contribution >= 4 is 10.9 Å². The van der Waals surface area contributed by atoms with E-state index in [4.69, 9.17) is 0 Å². The standard InChI is InChI=1S/C8H6N2O/c11-10-5-7-3-1-2-4-8(7)9-6-10/h1-6H. The molecule has 54 valence electrons. The van der Waals surface area contributed by atoms with Crippen LogP contribution in [0.2, 0.25) is 0 Å². The van der Waals surface area contributed by atoms with Crippen LogP contribution in [-0.4, -0.2) is 4.98 Å². The van der Waals surface area contributed by atoms with Crippen molar-refractivity contribution in [2.24, 2.45) is 0 Å². The number of nitrogens with zero attached hydrogens (tertiary/aromatic N) is 2. The lowest BCUT2D eigenvalue weighted by atomic mass is 10.2. The average molecular weight is 146 g/mol. The van der Waals surface area contributed by atoms with E-state index in [1.54, 1.807) is 0 Å². The highest BCUT2D eigenvalue weighted by atomic mass is 16.5. The summed E-state index contributed by atoms with van der Waals surface area (Å²) in [6, 6.07) is 7.50. The zero-order valence-electron chi connectivity index (χ0n) is 5.77. The molecule has 0 aliphatic carbocycles. The van der Waals surface area contributed by atoms with Gasteiger partial charge in [0.15, 0.2) is 5.52 Å². The van der Waals surface area contributed by atoms with Crippen molar-refractivity contribution in [2.45, 2.75) is 0 Å². The molecule has 0 amide bonds. The lowest BCUT2D eigenvalue weighted by Gasteiger charge is -1.97. The number of para-hydroxylation sites is 1. The topological polar surface area (TPSA) is 39.8 Å². The second kappa shape index (κ2) is 2.20. The van der Waals surface area contributed by atoms with Gasteiger partial charge in [0, 0.05) is 0 Å². The van der Waals surface area contributed by atoms with Crippen LogP contribution in [0.15, 0.2) is 36.8 Å². The molecule has 0 fully saturated rings. The first-order valence-corrected chi connectivity index (χ1v) is 3.30. The molecule has 0 radical (unpaired) electrons. The van der Waals surface area contributed by atoms with E-state index in [1.807, 2.05) is 24.3 Å². The Labute approximate surface area is 63.5 Å². The molecule has 0 saturated heterocycles. The number of benzene rings is 1. The van der Waals surface area contributed by atoms with Crippen molar-refractivity contribution in [1.82, 2.24) is 4.98 Å². The fourth-order valence-corrected chi connectivity index (χ4v) is 1.00. The van der Waals surface area contributed by atoms with E-state index in [1.165, 1.54) is 12.5 Å². The van der Waals surface area contributed by atoms with Gasteiger partial charge in [-0.05, 0) is 17.1 Å². The maximum Gasteiger partial charge on any atom is 0.289 e. The second-order valence-corrected chi connectivity index (χ2v) is 2.29. The molecule has 0 unspecified atom stereocenters. The van der Waals surface area contributed by atoms with E-state index in [0.717, 1.165) is 10.9 Å². The molecule has 0 atom stereocenters. The summed E-state index contributed by atoms with van der Waals surface area (Å²) in [6.45, 7) is 0. The summed E-state index contributed by atoms with van der Waals surface area (Å²) in [5.41, 5.74) is 0.847. The molecule has 1 heterocycles. The van der Waals surface area contributed by atoms with E-state index >= 15 is 0 Å². The molecule has 1 aromatic heterocycles. The van der Waals surface area contributed by atoms with Gasteiger partial charge in [-0.15, -0.1) is 0 Å². The van der Waals surface area contributed by atoms with Gasteiger partial charge in [0.25, 0.3) is 6.33 Å². The zero-order valence-corrected chi connectivity index (χ0v) is 5.77. The maximum atomic E-state index is 10.7. The Morgan fingerprint density at radius 2 is 2.09 bits per heavy atom. The van der Waals surface area contributed by atoms with Gasteiger partial charge in [0.2, 0.25) is 0 Å². The van der Waals surface area contributed by atoms with Crippen molar-refractivity contribution < 1.29 is 4.73 Å². The molecule has 1 aromatic carbocycles. The van der Waals surface area contributed by atoms with Crippen molar-refractivity contribution in [3.63, 3.8) is 0 Å². The fraction of sp³-hybridized carbons (Fsp3) is 0. The van der Waals surface area contributed by atoms with Crippen LogP contribution in [0.5, 0.6) is 0 Å². The first-order chi connectivity index (χ1) is 5.36. The Kier molecular flexibility index (Phi) is 1.22. The minimum absolute atomic E-state index is 0.697. The predicted octanol–water partition coefficient (Wildman–Crippen LogP) is 0.868. The van der Waals surface area contributed by atoms with E-state index in [9.17, 15) is 5.21 Å². The van der Waals surface area contributed by atoms with E-state index < -0.39 is 0 Å². The first kappa shape index (κ1) is 6.09. The highest BCUT2D eigenvalue weighted by molar-refractivity contribution is 5.76. The van der Waals surface area contributed by atoms with Gasteiger partial charge in [-0.2, -0.15) is 0 Å². The summed E-state index contributed by atoms with van der Waals surface area (Å²) >= 11 is 0. The quantitative estimate of drug-likeness (QED) is 0.408. The van der Waals surface area contributed by atoms with Crippen molar-refractivity contribution in [3.05, 3.63) is 42.0 Å². The van der Waals surface area contributed by atoms with E-state index in [2.05, 4.69) is 4.98 Å². The van der Waals surface area contributed by atoms with Crippen LogP contribution in [0, 0.1) is 5.21 Å². The summed E-state index contributed by atoms with van der Waals surface area (Å²) in [5.74, 6) is 0. The fourth-order valence-electron chi connectivity index (χ4n) is 1.00. The minimum atomic E-state index is 0.697. The maximum absolute atomic E-state index is 10.7. The molecular formula is C8H6N2O. The number of fused-ring (bicyclic) bond motifs is 1. The SMILES string of the molecule is [O-][n+]1cnc2ccccc2c1. The molecule has 3 heteroatoms. The molecule has 0 aliphatic rings. The molecule has 0 N–H and O–H groups in total. The Bertz CT molecular complexity index is 387. The summed E-state index contributed by atoms with van der Waals surface area (Å²) in [4.78, 5) is 3.93. The third kappa shape index (κ3) is 1.00. The monoisotopic (exact) mass is 146 g/mol. The number of hydrogen-bond acceptors (Lipinski definition) is 2. The zero-order chi connectivity index (χ0) is 7.68. The molecule has 3 nitrogen and oxygen atoms in total. The molecule has 0 bridgehead atoms. The van der Waals surface area contributed by atoms with E-state index in [-0.39, 0.29) is 0 Å². The normalized spacial score (nSPS) is 10.2. The molecule has 2 rings (SSSR count). The largest absolute Gasteiger partial charge is 0.711 e. The van der Waals surface area contributed by atoms with Crippen LogP contribution < -0.4 is 4.73 Å². The minimum Gasteiger partial charge on any atom is -0.711 e. The van der Waals surface area contributed by atoms with Crippen molar-refractivity contribution in [2.75, 3.05) is 0 Å². The van der Waals surface area contributed by atoms with Crippen molar-refractivity contribution in [1.29, 1.82) is 0 Å². The van der Waals surface area contributed by atoms with Gasteiger partial charge >= 0.3 is 0 Å². The van der Waals surface area contributed by atoms with Gasteiger partial charge in [-0.25, -0.2) is 4.73 Å². The Balaban J connectivity index is 2.83. The van der Waals surface area contributed by atoms with Crippen LogP contribution in [0.1, 0.15) is 0 Å². The molecule has 2 aromatic rings. The second-order valence-electron chi connectivity index (χ2n) is 2.29. The third-order valence-corrected chi connectivity index (χ3v) is 1.51. The summed E-state index contributed by atoms with van der Waals surface area (Å²) in [5, 5.41) is 11.6. The highest BCUT2D eigenvalue weighted by Crippen LogP contribution is 2.05. The van der Waals surface area contributed by atoms with Gasteiger partial charge in [-0.1, -0.05) is 12.1 Å². The van der Waals surface area contributed by atoms with Gasteiger partial charge in [-0.3, -0.25) is 0 Å². The molecule has 0 spiro atoms. The Morgan fingerprint density at radius 1 is 1.27 bits per heavy atom. The lowest BCUT2D eigenvalue weighted by molar-refractivity contribution is -0.607. The number of aromatic nitrogens is 2. The van der Waals surface area contributed by atoms with Crippen molar-refractivity contribution in [3.8, 4) is 0 Å². The van der Waals surface area contributed by atoms with Crippen LogP contribution in [-0.2, 0) is 0 Å². The molecule has 0 saturated carbocycles. The summed E-state index contributed by atoms with van der Waals surface area (Å²) in [6.07, 6.45) is 2.75. The predicted molar refractivity (Wildman–Crippen MR) is 40.7 cm³/mol. The van der Waals surface area contributed by atoms with Gasteiger partial charge < -0.3 is 5.21 Å². The Morgan fingerprint density at radius 3 is 3.00 bits per heavy atom. The molecule has 11 heavy (non-hydrogen) atoms. The van der Waals surface area contributed by atoms with E-state index in [0.29, 0.717) is 4.73 Å². The van der Waals surface area contributed by atoms with Crippen LogP contribution >= 0.6 is 0 Å². The Hall–Kier alpha value is -1.64. The van der Waals surface area contributed by atoms with Crippen LogP contribution in [0.3, 0.4) is 0 Å². The number of hydrogen-bond donors (Lipinski definition) is 0. The highest BCUT2D eigenvalue weighted by Gasteiger charge is 1.97. The number of rotatable bonds is 0. The molecular weight excluding hydrogens is 140 g/mol. The summed E-state index contributed by atoms with van der Waals surface area (Å²) < 4.78 is 0.697.